The van der Waals surface area contributed by atoms with Crippen LogP contribution >= 0.6 is 27.5 Å². The molecule has 0 saturated heterocycles. The highest BCUT2D eigenvalue weighted by Crippen LogP contribution is 2.37. The SMILES string of the molecule is Cc1nn(C)c(CNc2ccc(Br)cc2C(F)(F)F)c1Cl. The molecule has 8 heteroatoms. The predicted octanol–water partition coefficient (Wildman–Crippen LogP) is 4.78. The van der Waals surface area contributed by atoms with Crippen LogP contribution in [-0.4, -0.2) is 9.78 Å². The second-order valence-corrected chi connectivity index (χ2v) is 5.80. The fraction of sp³-hybridized carbons (Fsp3) is 0.308. The van der Waals surface area contributed by atoms with Gasteiger partial charge in [0, 0.05) is 17.2 Å². The summed E-state index contributed by atoms with van der Waals surface area (Å²) in [5, 5.41) is 7.35. The standard InChI is InChI=1S/C13H12BrClF3N3/c1-7-12(15)11(21(2)20-7)6-19-10-4-3-8(14)5-9(10)13(16,17)18/h3-5,19H,6H2,1-2H3. The second-order valence-electron chi connectivity index (χ2n) is 4.51. The van der Waals surface area contributed by atoms with Crippen LogP contribution in [0.1, 0.15) is 17.0 Å². The molecule has 2 rings (SSSR count). The Hall–Kier alpha value is -1.21. The van der Waals surface area contributed by atoms with Gasteiger partial charge in [-0.25, -0.2) is 0 Å². The van der Waals surface area contributed by atoms with Gasteiger partial charge in [0.05, 0.1) is 28.5 Å². The van der Waals surface area contributed by atoms with Gasteiger partial charge in [0.15, 0.2) is 0 Å². The van der Waals surface area contributed by atoms with Crippen molar-refractivity contribution >= 4 is 33.2 Å². The molecule has 1 aromatic heterocycles. The molecule has 0 saturated carbocycles. The summed E-state index contributed by atoms with van der Waals surface area (Å²) in [5.41, 5.74) is 0.542. The fourth-order valence-electron chi connectivity index (χ4n) is 1.96. The number of anilines is 1. The van der Waals surface area contributed by atoms with Crippen molar-refractivity contribution in [2.45, 2.75) is 19.6 Å². The van der Waals surface area contributed by atoms with Gasteiger partial charge in [-0.05, 0) is 25.1 Å². The van der Waals surface area contributed by atoms with Crippen molar-refractivity contribution in [2.24, 2.45) is 7.05 Å². The molecule has 1 N–H and O–H groups in total. The summed E-state index contributed by atoms with van der Waals surface area (Å²) in [6.07, 6.45) is -4.43. The number of rotatable bonds is 3. The highest BCUT2D eigenvalue weighted by Gasteiger charge is 2.33. The van der Waals surface area contributed by atoms with E-state index in [4.69, 9.17) is 11.6 Å². The molecule has 0 amide bonds. The number of benzene rings is 1. The quantitative estimate of drug-likeness (QED) is 0.828. The molecular formula is C13H12BrClF3N3. The third-order valence-corrected chi connectivity index (χ3v) is 3.98. The van der Waals surface area contributed by atoms with E-state index in [2.05, 4.69) is 26.3 Å². The van der Waals surface area contributed by atoms with Crippen LogP contribution in [0, 0.1) is 6.92 Å². The molecule has 2 aromatic rings. The first-order valence-corrected chi connectivity index (χ1v) is 7.16. The van der Waals surface area contributed by atoms with Crippen molar-refractivity contribution in [3.8, 4) is 0 Å². The van der Waals surface area contributed by atoms with E-state index in [0.29, 0.717) is 20.9 Å². The lowest BCUT2D eigenvalue weighted by molar-refractivity contribution is -0.137. The first kappa shape index (κ1) is 16.2. The summed E-state index contributed by atoms with van der Waals surface area (Å²) in [7, 11) is 1.70. The smallest absolute Gasteiger partial charge is 0.379 e. The number of aromatic nitrogens is 2. The van der Waals surface area contributed by atoms with Crippen LogP contribution in [0.15, 0.2) is 22.7 Å². The van der Waals surface area contributed by atoms with Gasteiger partial charge in [-0.3, -0.25) is 4.68 Å². The maximum atomic E-state index is 13.0. The maximum Gasteiger partial charge on any atom is 0.418 e. The highest BCUT2D eigenvalue weighted by molar-refractivity contribution is 9.10. The molecule has 1 aromatic carbocycles. The van der Waals surface area contributed by atoms with E-state index in [-0.39, 0.29) is 12.2 Å². The van der Waals surface area contributed by atoms with Crippen molar-refractivity contribution in [3.63, 3.8) is 0 Å². The first-order valence-electron chi connectivity index (χ1n) is 5.98. The van der Waals surface area contributed by atoms with Crippen LogP contribution in [0.25, 0.3) is 0 Å². The van der Waals surface area contributed by atoms with Gasteiger partial charge in [-0.15, -0.1) is 0 Å². The minimum absolute atomic E-state index is 0.000574. The second kappa shape index (κ2) is 5.88. The molecule has 0 aliphatic heterocycles. The maximum absolute atomic E-state index is 13.0. The van der Waals surface area contributed by atoms with E-state index in [0.717, 1.165) is 6.07 Å². The average Bonchev–Trinajstić information content (AvgIpc) is 2.61. The molecule has 0 fully saturated rings. The van der Waals surface area contributed by atoms with Crippen molar-refractivity contribution in [1.82, 2.24) is 9.78 Å². The number of alkyl halides is 3. The molecule has 0 unspecified atom stereocenters. The Kier molecular flexibility index (Phi) is 4.53. The third-order valence-electron chi connectivity index (χ3n) is 2.99. The lowest BCUT2D eigenvalue weighted by Crippen LogP contribution is -2.12. The van der Waals surface area contributed by atoms with Gasteiger partial charge in [-0.2, -0.15) is 18.3 Å². The number of hydrogen-bond acceptors (Lipinski definition) is 2. The molecule has 21 heavy (non-hydrogen) atoms. The molecule has 0 bridgehead atoms. The van der Waals surface area contributed by atoms with Crippen molar-refractivity contribution in [3.05, 3.63) is 44.6 Å². The average molecular weight is 383 g/mol. The van der Waals surface area contributed by atoms with Gasteiger partial charge in [0.1, 0.15) is 0 Å². The minimum atomic E-state index is -4.43. The molecule has 0 spiro atoms. The summed E-state index contributed by atoms with van der Waals surface area (Å²) in [4.78, 5) is 0. The van der Waals surface area contributed by atoms with Crippen LogP contribution in [0.5, 0.6) is 0 Å². The van der Waals surface area contributed by atoms with E-state index < -0.39 is 11.7 Å². The zero-order valence-electron chi connectivity index (χ0n) is 11.2. The molecule has 3 nitrogen and oxygen atoms in total. The lowest BCUT2D eigenvalue weighted by Gasteiger charge is -2.15. The van der Waals surface area contributed by atoms with Crippen LogP contribution in [-0.2, 0) is 19.8 Å². The third kappa shape index (κ3) is 3.52. The zero-order chi connectivity index (χ0) is 15.8. The van der Waals surface area contributed by atoms with E-state index in [9.17, 15) is 13.2 Å². The van der Waals surface area contributed by atoms with Crippen molar-refractivity contribution in [1.29, 1.82) is 0 Å². The molecule has 0 radical (unpaired) electrons. The topological polar surface area (TPSA) is 29.9 Å². The normalized spacial score (nSPS) is 11.8. The Morgan fingerprint density at radius 1 is 1.38 bits per heavy atom. The summed E-state index contributed by atoms with van der Waals surface area (Å²) in [5.74, 6) is 0. The van der Waals surface area contributed by atoms with Crippen LogP contribution < -0.4 is 5.32 Å². The van der Waals surface area contributed by atoms with E-state index in [1.165, 1.54) is 6.07 Å². The van der Waals surface area contributed by atoms with Crippen molar-refractivity contribution in [2.75, 3.05) is 5.32 Å². The number of hydrogen-bond donors (Lipinski definition) is 1. The Morgan fingerprint density at radius 3 is 2.57 bits per heavy atom. The van der Waals surface area contributed by atoms with Crippen LogP contribution in [0.4, 0.5) is 18.9 Å². The van der Waals surface area contributed by atoms with Crippen LogP contribution in [0.3, 0.4) is 0 Å². The summed E-state index contributed by atoms with van der Waals surface area (Å²) in [6.45, 7) is 1.90. The van der Waals surface area contributed by atoms with Gasteiger partial charge in [0.2, 0.25) is 0 Å². The van der Waals surface area contributed by atoms with Gasteiger partial charge in [0.25, 0.3) is 0 Å². The molecule has 0 aliphatic carbocycles. The first-order chi connectivity index (χ1) is 9.70. The summed E-state index contributed by atoms with van der Waals surface area (Å²) < 4.78 is 41.0. The molecule has 1 heterocycles. The fourth-order valence-corrected chi connectivity index (χ4v) is 2.54. The minimum Gasteiger partial charge on any atom is -0.379 e. The van der Waals surface area contributed by atoms with Gasteiger partial charge in [-0.1, -0.05) is 27.5 Å². The number of nitrogens with one attached hydrogen (secondary N) is 1. The number of nitrogens with zero attached hydrogens (tertiary/aromatic N) is 2. The lowest BCUT2D eigenvalue weighted by atomic mass is 10.1. The number of halogens is 5. The molecule has 0 atom stereocenters. The van der Waals surface area contributed by atoms with E-state index >= 15 is 0 Å². The monoisotopic (exact) mass is 381 g/mol. The Morgan fingerprint density at radius 2 is 2.05 bits per heavy atom. The largest absolute Gasteiger partial charge is 0.418 e. The predicted molar refractivity (Wildman–Crippen MR) is 79.4 cm³/mol. The van der Waals surface area contributed by atoms with E-state index in [1.54, 1.807) is 24.7 Å². The highest BCUT2D eigenvalue weighted by atomic mass is 79.9. The molecule has 0 aliphatic rings. The summed E-state index contributed by atoms with van der Waals surface area (Å²) >= 11 is 9.13. The Labute approximate surface area is 133 Å². The summed E-state index contributed by atoms with van der Waals surface area (Å²) in [6, 6.07) is 3.97. The molecular weight excluding hydrogens is 371 g/mol. The zero-order valence-corrected chi connectivity index (χ0v) is 13.6. The Bertz CT molecular complexity index is 667. The van der Waals surface area contributed by atoms with Gasteiger partial charge < -0.3 is 5.32 Å². The van der Waals surface area contributed by atoms with Crippen LogP contribution in [0.2, 0.25) is 5.02 Å². The number of aryl methyl sites for hydroxylation is 2. The van der Waals surface area contributed by atoms with E-state index in [1.807, 2.05) is 0 Å². The molecule has 114 valence electrons. The Balaban J connectivity index is 2.28. The van der Waals surface area contributed by atoms with Crippen molar-refractivity contribution < 1.29 is 13.2 Å². The van der Waals surface area contributed by atoms with Gasteiger partial charge >= 0.3 is 6.18 Å².